The molecule has 2 aromatic heterocycles. The molecule has 0 fully saturated rings. The van der Waals surface area contributed by atoms with Crippen LogP contribution >= 0.6 is 0 Å². The molecule has 0 saturated carbocycles. The van der Waals surface area contributed by atoms with E-state index in [4.69, 9.17) is 5.11 Å². The number of hydrogen-bond acceptors (Lipinski definition) is 5. The molecule has 0 aliphatic rings. The number of imidazole rings is 1. The average Bonchev–Trinajstić information content (AvgIpc) is 2.88. The Labute approximate surface area is 102 Å². The number of carbonyl (C=O) groups is 2. The van der Waals surface area contributed by atoms with Gasteiger partial charge in [-0.2, -0.15) is 0 Å². The number of esters is 1. The van der Waals surface area contributed by atoms with Gasteiger partial charge in [0.1, 0.15) is 12.0 Å². The first kappa shape index (κ1) is 11.8. The first-order valence-corrected chi connectivity index (χ1v) is 4.94. The Morgan fingerprint density at radius 3 is 2.72 bits per heavy atom. The van der Waals surface area contributed by atoms with Crippen molar-refractivity contribution in [3.8, 4) is 5.69 Å². The SMILES string of the molecule is COC(=O)c1cc(-n2cnc(C(=O)O)c2)ccn1. The Balaban J connectivity index is 2.38. The minimum absolute atomic E-state index is 0.0774. The van der Waals surface area contributed by atoms with Crippen LogP contribution in [0.15, 0.2) is 30.9 Å². The Bertz CT molecular complexity index is 606. The fourth-order valence-electron chi connectivity index (χ4n) is 1.37. The maximum atomic E-state index is 11.3. The second-order valence-corrected chi connectivity index (χ2v) is 3.36. The van der Waals surface area contributed by atoms with Gasteiger partial charge in [-0.05, 0) is 12.1 Å². The number of pyridine rings is 1. The average molecular weight is 247 g/mol. The molecule has 0 aliphatic heterocycles. The van der Waals surface area contributed by atoms with Gasteiger partial charge in [0.05, 0.1) is 12.8 Å². The van der Waals surface area contributed by atoms with Gasteiger partial charge in [0.15, 0.2) is 5.69 Å². The van der Waals surface area contributed by atoms with Crippen molar-refractivity contribution in [3.05, 3.63) is 42.2 Å². The predicted octanol–water partition coefficient (Wildman–Crippen LogP) is 0.752. The maximum absolute atomic E-state index is 11.3. The van der Waals surface area contributed by atoms with Crippen LogP contribution < -0.4 is 0 Å². The van der Waals surface area contributed by atoms with Crippen molar-refractivity contribution in [2.24, 2.45) is 0 Å². The third-order valence-corrected chi connectivity index (χ3v) is 2.24. The second kappa shape index (κ2) is 4.66. The number of nitrogens with zero attached hydrogens (tertiary/aromatic N) is 3. The van der Waals surface area contributed by atoms with Crippen molar-refractivity contribution in [1.82, 2.24) is 14.5 Å². The predicted molar refractivity (Wildman–Crippen MR) is 59.7 cm³/mol. The highest BCUT2D eigenvalue weighted by Gasteiger charge is 2.10. The Kier molecular flexibility index (Phi) is 3.05. The minimum atomic E-state index is -1.11. The third-order valence-electron chi connectivity index (χ3n) is 2.24. The first-order valence-electron chi connectivity index (χ1n) is 4.94. The summed E-state index contributed by atoms with van der Waals surface area (Å²) in [5.41, 5.74) is 0.636. The van der Waals surface area contributed by atoms with Crippen LogP contribution in [0.4, 0.5) is 0 Å². The number of methoxy groups -OCH3 is 1. The van der Waals surface area contributed by atoms with E-state index in [2.05, 4.69) is 14.7 Å². The molecule has 18 heavy (non-hydrogen) atoms. The Hall–Kier alpha value is -2.70. The maximum Gasteiger partial charge on any atom is 0.356 e. The monoisotopic (exact) mass is 247 g/mol. The van der Waals surface area contributed by atoms with Crippen molar-refractivity contribution < 1.29 is 19.4 Å². The molecule has 0 bridgehead atoms. The van der Waals surface area contributed by atoms with E-state index < -0.39 is 11.9 Å². The summed E-state index contributed by atoms with van der Waals surface area (Å²) in [4.78, 5) is 29.6. The molecule has 0 aliphatic carbocycles. The summed E-state index contributed by atoms with van der Waals surface area (Å²) in [6.07, 6.45) is 4.13. The fourth-order valence-corrected chi connectivity index (χ4v) is 1.37. The molecule has 0 saturated heterocycles. The standard InChI is InChI=1S/C11H9N3O4/c1-18-11(17)8-4-7(2-3-12-8)14-5-9(10(15)16)13-6-14/h2-6H,1H3,(H,15,16). The molecule has 0 amide bonds. The number of aromatic carboxylic acids is 1. The summed E-state index contributed by atoms with van der Waals surface area (Å²) >= 11 is 0. The van der Waals surface area contributed by atoms with Gasteiger partial charge >= 0.3 is 11.9 Å². The van der Waals surface area contributed by atoms with E-state index in [0.29, 0.717) is 5.69 Å². The van der Waals surface area contributed by atoms with E-state index in [1.165, 1.54) is 36.5 Å². The molecule has 0 aromatic carbocycles. The summed E-state index contributed by atoms with van der Waals surface area (Å²) in [6.45, 7) is 0. The molecular weight excluding hydrogens is 238 g/mol. The van der Waals surface area contributed by atoms with E-state index in [9.17, 15) is 9.59 Å². The van der Waals surface area contributed by atoms with Crippen molar-refractivity contribution in [1.29, 1.82) is 0 Å². The number of ether oxygens (including phenoxy) is 1. The molecule has 7 nitrogen and oxygen atoms in total. The number of carboxylic acid groups (broad SMARTS) is 1. The molecule has 2 aromatic rings. The summed E-state index contributed by atoms with van der Waals surface area (Å²) in [6, 6.07) is 3.11. The lowest BCUT2D eigenvalue weighted by molar-refractivity contribution is 0.0593. The number of hydrogen-bond donors (Lipinski definition) is 1. The lowest BCUT2D eigenvalue weighted by Crippen LogP contribution is -2.05. The molecule has 7 heteroatoms. The van der Waals surface area contributed by atoms with Gasteiger partial charge < -0.3 is 14.4 Å². The van der Waals surface area contributed by atoms with Crippen LogP contribution in [0.5, 0.6) is 0 Å². The zero-order valence-corrected chi connectivity index (χ0v) is 9.40. The van der Waals surface area contributed by atoms with Crippen molar-refractivity contribution >= 4 is 11.9 Å². The van der Waals surface area contributed by atoms with Gasteiger partial charge in [0.25, 0.3) is 0 Å². The lowest BCUT2D eigenvalue weighted by atomic mass is 10.3. The van der Waals surface area contributed by atoms with Crippen LogP contribution in [0.25, 0.3) is 5.69 Å². The van der Waals surface area contributed by atoms with Crippen LogP contribution in [0.3, 0.4) is 0 Å². The third kappa shape index (κ3) is 2.19. The summed E-state index contributed by atoms with van der Waals surface area (Å²) in [7, 11) is 1.26. The molecule has 0 atom stereocenters. The van der Waals surface area contributed by atoms with Gasteiger partial charge in [0, 0.05) is 12.4 Å². The largest absolute Gasteiger partial charge is 0.476 e. The molecular formula is C11H9N3O4. The van der Waals surface area contributed by atoms with Gasteiger partial charge in [-0.15, -0.1) is 0 Å². The van der Waals surface area contributed by atoms with Crippen molar-refractivity contribution in [3.63, 3.8) is 0 Å². The van der Waals surface area contributed by atoms with E-state index in [0.717, 1.165) is 0 Å². The van der Waals surface area contributed by atoms with Crippen LogP contribution in [0.2, 0.25) is 0 Å². The van der Waals surface area contributed by atoms with Gasteiger partial charge in [-0.3, -0.25) is 0 Å². The second-order valence-electron chi connectivity index (χ2n) is 3.36. The Morgan fingerprint density at radius 2 is 2.11 bits per heavy atom. The van der Waals surface area contributed by atoms with Crippen LogP contribution in [0, 0.1) is 0 Å². The number of carbonyl (C=O) groups excluding carboxylic acids is 1. The van der Waals surface area contributed by atoms with Gasteiger partial charge in [-0.25, -0.2) is 19.6 Å². The quantitative estimate of drug-likeness (QED) is 0.804. The van der Waals surface area contributed by atoms with Crippen LogP contribution in [-0.2, 0) is 4.74 Å². The van der Waals surface area contributed by atoms with E-state index in [1.807, 2.05) is 0 Å². The van der Waals surface area contributed by atoms with Crippen LogP contribution in [-0.4, -0.2) is 38.7 Å². The molecule has 0 unspecified atom stereocenters. The summed E-state index contributed by atoms with van der Waals surface area (Å²) in [5.74, 6) is -1.67. The molecule has 2 rings (SSSR count). The van der Waals surface area contributed by atoms with E-state index in [1.54, 1.807) is 6.07 Å². The Morgan fingerprint density at radius 1 is 1.33 bits per heavy atom. The number of rotatable bonds is 3. The van der Waals surface area contributed by atoms with E-state index >= 15 is 0 Å². The lowest BCUT2D eigenvalue weighted by Gasteiger charge is -2.03. The van der Waals surface area contributed by atoms with Crippen molar-refractivity contribution in [2.45, 2.75) is 0 Å². The highest BCUT2D eigenvalue weighted by atomic mass is 16.5. The minimum Gasteiger partial charge on any atom is -0.476 e. The molecule has 1 N–H and O–H groups in total. The van der Waals surface area contributed by atoms with Crippen LogP contribution in [0.1, 0.15) is 21.0 Å². The topological polar surface area (TPSA) is 94.3 Å². The number of carboxylic acids is 1. The van der Waals surface area contributed by atoms with Gasteiger partial charge in [0.2, 0.25) is 0 Å². The number of aromatic nitrogens is 3. The zero-order valence-electron chi connectivity index (χ0n) is 9.40. The fraction of sp³-hybridized carbons (Fsp3) is 0.0909. The van der Waals surface area contributed by atoms with Crippen molar-refractivity contribution in [2.75, 3.05) is 7.11 Å². The molecule has 92 valence electrons. The summed E-state index contributed by atoms with van der Waals surface area (Å²) in [5, 5.41) is 8.76. The normalized spacial score (nSPS) is 10.1. The molecule has 2 heterocycles. The first-order chi connectivity index (χ1) is 8.61. The highest BCUT2D eigenvalue weighted by Crippen LogP contribution is 2.10. The molecule has 0 spiro atoms. The smallest absolute Gasteiger partial charge is 0.356 e. The van der Waals surface area contributed by atoms with E-state index in [-0.39, 0.29) is 11.4 Å². The molecule has 0 radical (unpaired) electrons. The zero-order chi connectivity index (χ0) is 13.1. The summed E-state index contributed by atoms with van der Waals surface area (Å²) < 4.78 is 6.03. The highest BCUT2D eigenvalue weighted by molar-refractivity contribution is 5.87. The van der Waals surface area contributed by atoms with Gasteiger partial charge in [-0.1, -0.05) is 0 Å².